The SMILES string of the molecule is CC.CC.Cc1ccc(-c2nc(=O)ss2)cc1. The third-order valence-corrected chi connectivity index (χ3v) is 3.64. The number of aryl methyl sites for hydroxylation is 1. The quantitative estimate of drug-likeness (QED) is 0.709. The lowest BCUT2D eigenvalue weighted by Gasteiger charge is -1.94. The average Bonchev–Trinajstić information content (AvgIpc) is 2.82. The van der Waals surface area contributed by atoms with E-state index in [1.165, 1.54) is 26.2 Å². The number of hydrogen-bond donors (Lipinski definition) is 0. The molecule has 0 bridgehead atoms. The van der Waals surface area contributed by atoms with Crippen molar-refractivity contribution < 1.29 is 0 Å². The first-order valence-electron chi connectivity index (χ1n) is 5.80. The molecular weight excluding hydrogens is 250 g/mol. The molecule has 1 aromatic heterocycles. The maximum Gasteiger partial charge on any atom is 0.337 e. The van der Waals surface area contributed by atoms with Gasteiger partial charge in [-0.3, -0.25) is 4.79 Å². The number of hydrogen-bond acceptors (Lipinski definition) is 4. The number of rotatable bonds is 1. The smallest absolute Gasteiger partial charge is 0.254 e. The first kappa shape index (κ1) is 16.0. The molecule has 2 rings (SSSR count). The topological polar surface area (TPSA) is 30.0 Å². The largest absolute Gasteiger partial charge is 0.337 e. The fourth-order valence-electron chi connectivity index (χ4n) is 1.00. The van der Waals surface area contributed by atoms with Gasteiger partial charge in [-0.1, -0.05) is 67.9 Å². The van der Waals surface area contributed by atoms with E-state index in [1.807, 2.05) is 58.9 Å². The Balaban J connectivity index is 0.000000581. The summed E-state index contributed by atoms with van der Waals surface area (Å²) in [7, 11) is 2.60. The van der Waals surface area contributed by atoms with Crippen LogP contribution in [0, 0.1) is 6.92 Å². The Hall–Kier alpha value is -1.00. The van der Waals surface area contributed by atoms with Crippen LogP contribution in [0.5, 0.6) is 0 Å². The molecule has 0 amide bonds. The molecule has 94 valence electrons. The van der Waals surface area contributed by atoms with Crippen LogP contribution >= 0.6 is 20.7 Å². The Morgan fingerprint density at radius 3 is 1.88 bits per heavy atom. The van der Waals surface area contributed by atoms with Gasteiger partial charge in [0.05, 0.1) is 0 Å². The summed E-state index contributed by atoms with van der Waals surface area (Å²) in [4.78, 5) is 14.6. The van der Waals surface area contributed by atoms with Gasteiger partial charge in [-0.15, -0.1) is 0 Å². The van der Waals surface area contributed by atoms with E-state index in [-0.39, 0.29) is 4.87 Å². The van der Waals surface area contributed by atoms with Crippen molar-refractivity contribution in [1.29, 1.82) is 0 Å². The summed E-state index contributed by atoms with van der Waals surface area (Å²) in [6.45, 7) is 10.0. The third kappa shape index (κ3) is 5.24. The zero-order chi connectivity index (χ0) is 13.3. The molecule has 2 aromatic rings. The van der Waals surface area contributed by atoms with Gasteiger partial charge in [0.1, 0.15) is 5.01 Å². The van der Waals surface area contributed by atoms with Gasteiger partial charge in [0, 0.05) is 5.56 Å². The molecule has 0 atom stereocenters. The van der Waals surface area contributed by atoms with E-state index < -0.39 is 0 Å². The van der Waals surface area contributed by atoms with Gasteiger partial charge in [-0.25, -0.2) is 0 Å². The summed E-state index contributed by atoms with van der Waals surface area (Å²) in [6.07, 6.45) is 0. The molecule has 0 aliphatic heterocycles. The van der Waals surface area contributed by atoms with E-state index in [0.717, 1.165) is 10.6 Å². The average molecular weight is 269 g/mol. The molecule has 0 spiro atoms. The molecular formula is C13H19NOS2. The summed E-state index contributed by atoms with van der Waals surface area (Å²) >= 11 is 0. The van der Waals surface area contributed by atoms with Crippen LogP contribution in [-0.4, -0.2) is 4.98 Å². The molecule has 0 aliphatic rings. The maximum atomic E-state index is 10.8. The first-order valence-corrected chi connectivity index (χ1v) is 7.95. The molecule has 0 fully saturated rings. The summed E-state index contributed by atoms with van der Waals surface area (Å²) in [5.41, 5.74) is 2.24. The van der Waals surface area contributed by atoms with E-state index in [1.54, 1.807) is 0 Å². The highest BCUT2D eigenvalue weighted by molar-refractivity contribution is 7.69. The minimum atomic E-state index is -0.111. The van der Waals surface area contributed by atoms with Crippen LogP contribution in [0.1, 0.15) is 33.3 Å². The summed E-state index contributed by atoms with van der Waals surface area (Å²) in [5, 5.41) is 0.815. The Kier molecular flexibility index (Phi) is 8.54. The lowest BCUT2D eigenvalue weighted by Crippen LogP contribution is -1.92. The minimum absolute atomic E-state index is 0.111. The second kappa shape index (κ2) is 9.07. The van der Waals surface area contributed by atoms with Crippen molar-refractivity contribution in [3.8, 4) is 10.6 Å². The van der Waals surface area contributed by atoms with Crippen LogP contribution < -0.4 is 4.87 Å². The van der Waals surface area contributed by atoms with E-state index in [9.17, 15) is 4.79 Å². The summed E-state index contributed by atoms with van der Waals surface area (Å²) in [5.74, 6) is 0. The van der Waals surface area contributed by atoms with Gasteiger partial charge < -0.3 is 0 Å². The van der Waals surface area contributed by atoms with Crippen molar-refractivity contribution in [3.63, 3.8) is 0 Å². The van der Waals surface area contributed by atoms with Crippen molar-refractivity contribution in [1.82, 2.24) is 4.98 Å². The summed E-state index contributed by atoms with van der Waals surface area (Å²) < 4.78 is 0. The first-order chi connectivity index (χ1) is 8.25. The minimum Gasteiger partial charge on any atom is -0.254 e. The lowest BCUT2D eigenvalue weighted by atomic mass is 10.2. The van der Waals surface area contributed by atoms with Crippen molar-refractivity contribution in [3.05, 3.63) is 39.5 Å². The Bertz CT molecular complexity index is 457. The third-order valence-electron chi connectivity index (χ3n) is 1.68. The maximum absolute atomic E-state index is 10.8. The van der Waals surface area contributed by atoms with Gasteiger partial charge in [-0.2, -0.15) is 4.98 Å². The van der Waals surface area contributed by atoms with E-state index in [2.05, 4.69) is 4.98 Å². The van der Waals surface area contributed by atoms with Crippen LogP contribution in [0.4, 0.5) is 0 Å². The molecule has 1 aromatic carbocycles. The standard InChI is InChI=1S/C9H7NOS2.2C2H6/c1-6-2-4-7(5-3-6)8-10-9(11)13-12-8;2*1-2/h2-5H,1H3;2*1-2H3. The molecule has 4 heteroatoms. The number of nitrogens with zero attached hydrogens (tertiary/aromatic N) is 1. The fraction of sp³-hybridized carbons (Fsp3) is 0.385. The van der Waals surface area contributed by atoms with Crippen molar-refractivity contribution in [2.75, 3.05) is 0 Å². The highest BCUT2D eigenvalue weighted by Crippen LogP contribution is 2.22. The normalized spacial score (nSPS) is 8.53. The van der Waals surface area contributed by atoms with E-state index in [4.69, 9.17) is 0 Å². The van der Waals surface area contributed by atoms with Gasteiger partial charge in [0.2, 0.25) is 0 Å². The molecule has 1 heterocycles. The molecule has 17 heavy (non-hydrogen) atoms. The zero-order valence-corrected chi connectivity index (χ0v) is 12.6. The predicted molar refractivity (Wildman–Crippen MR) is 79.1 cm³/mol. The Morgan fingerprint density at radius 1 is 0.941 bits per heavy atom. The predicted octanol–water partition coefficient (Wildman–Crippen LogP) is 4.59. The highest BCUT2D eigenvalue weighted by Gasteiger charge is 2.01. The monoisotopic (exact) mass is 269 g/mol. The van der Waals surface area contributed by atoms with Crippen LogP contribution in [-0.2, 0) is 0 Å². The zero-order valence-electron chi connectivity index (χ0n) is 11.0. The molecule has 0 saturated carbocycles. The lowest BCUT2D eigenvalue weighted by molar-refractivity contribution is 1.35. The van der Waals surface area contributed by atoms with Gasteiger partial charge >= 0.3 is 4.87 Å². The van der Waals surface area contributed by atoms with Crippen molar-refractivity contribution >= 4 is 20.7 Å². The highest BCUT2D eigenvalue weighted by atomic mass is 32.9. The van der Waals surface area contributed by atoms with Crippen LogP contribution in [0.3, 0.4) is 0 Å². The number of aromatic nitrogens is 1. The van der Waals surface area contributed by atoms with Crippen LogP contribution in [0.2, 0.25) is 0 Å². The summed E-state index contributed by atoms with van der Waals surface area (Å²) in [6, 6.07) is 8.01. The van der Waals surface area contributed by atoms with Crippen molar-refractivity contribution in [2.45, 2.75) is 34.6 Å². The van der Waals surface area contributed by atoms with Gasteiger partial charge in [0.25, 0.3) is 0 Å². The van der Waals surface area contributed by atoms with Crippen LogP contribution in [0.15, 0.2) is 29.1 Å². The molecule has 0 aliphatic carbocycles. The Morgan fingerprint density at radius 2 is 1.47 bits per heavy atom. The van der Waals surface area contributed by atoms with E-state index in [0.29, 0.717) is 0 Å². The van der Waals surface area contributed by atoms with Crippen LogP contribution in [0.25, 0.3) is 10.6 Å². The second-order valence-electron chi connectivity index (χ2n) is 2.72. The fourth-order valence-corrected chi connectivity index (χ4v) is 2.66. The van der Waals surface area contributed by atoms with Gasteiger partial charge in [-0.05, 0) is 17.3 Å². The van der Waals surface area contributed by atoms with Gasteiger partial charge in [0.15, 0.2) is 0 Å². The Labute approximate surface area is 110 Å². The number of benzene rings is 1. The molecule has 2 nitrogen and oxygen atoms in total. The second-order valence-corrected chi connectivity index (χ2v) is 4.78. The van der Waals surface area contributed by atoms with Crippen molar-refractivity contribution in [2.24, 2.45) is 0 Å². The molecule has 0 saturated heterocycles. The molecule has 0 N–H and O–H groups in total. The molecule has 0 unspecified atom stereocenters. The van der Waals surface area contributed by atoms with E-state index >= 15 is 0 Å². The molecule has 0 radical (unpaired) electrons.